The largest absolute Gasteiger partial charge is 0.492 e. The Morgan fingerprint density at radius 2 is 2.05 bits per heavy atom. The van der Waals surface area contributed by atoms with E-state index in [1.807, 2.05) is 0 Å². The van der Waals surface area contributed by atoms with Crippen LogP contribution in [0.25, 0.3) is 0 Å². The lowest BCUT2D eigenvalue weighted by Gasteiger charge is -2.12. The first-order chi connectivity index (χ1) is 8.88. The predicted molar refractivity (Wildman–Crippen MR) is 85.9 cm³/mol. The minimum atomic E-state index is -0.163. The summed E-state index contributed by atoms with van der Waals surface area (Å²) in [5.41, 5.74) is 6.21. The SMILES string of the molecule is CC(C)COc1ccc(NC(=O)CC(C)N)cc1Cl.Cl. The summed E-state index contributed by atoms with van der Waals surface area (Å²) in [7, 11) is 0. The van der Waals surface area contributed by atoms with Crippen LogP contribution >= 0.6 is 24.0 Å². The highest BCUT2D eigenvalue weighted by atomic mass is 35.5. The summed E-state index contributed by atoms with van der Waals surface area (Å²) < 4.78 is 5.56. The highest BCUT2D eigenvalue weighted by Crippen LogP contribution is 2.28. The molecule has 0 bridgehead atoms. The van der Waals surface area contributed by atoms with Gasteiger partial charge in [-0.25, -0.2) is 0 Å². The van der Waals surface area contributed by atoms with Crippen LogP contribution in [0.3, 0.4) is 0 Å². The molecule has 1 unspecified atom stereocenters. The molecule has 0 aliphatic carbocycles. The van der Waals surface area contributed by atoms with Gasteiger partial charge >= 0.3 is 0 Å². The number of rotatable bonds is 6. The zero-order chi connectivity index (χ0) is 14.4. The van der Waals surface area contributed by atoms with Crippen LogP contribution in [0.1, 0.15) is 27.2 Å². The molecule has 0 fully saturated rings. The quantitative estimate of drug-likeness (QED) is 0.843. The van der Waals surface area contributed by atoms with E-state index in [1.165, 1.54) is 0 Å². The van der Waals surface area contributed by atoms with Crippen LogP contribution in [0.5, 0.6) is 5.75 Å². The summed E-state index contributed by atoms with van der Waals surface area (Å²) >= 11 is 6.10. The normalized spacial score (nSPS) is 11.7. The molecule has 6 heteroatoms. The van der Waals surface area contributed by atoms with Crippen molar-refractivity contribution in [3.63, 3.8) is 0 Å². The number of ether oxygens (including phenoxy) is 1. The van der Waals surface area contributed by atoms with Crippen LogP contribution in [0.4, 0.5) is 5.69 Å². The van der Waals surface area contributed by atoms with Crippen molar-refractivity contribution in [2.45, 2.75) is 33.2 Å². The van der Waals surface area contributed by atoms with Crippen LogP contribution in [-0.4, -0.2) is 18.6 Å². The molecule has 1 rings (SSSR count). The van der Waals surface area contributed by atoms with E-state index in [0.29, 0.717) is 29.0 Å². The summed E-state index contributed by atoms with van der Waals surface area (Å²) in [5.74, 6) is 0.934. The lowest BCUT2D eigenvalue weighted by molar-refractivity contribution is -0.116. The van der Waals surface area contributed by atoms with E-state index < -0.39 is 0 Å². The topological polar surface area (TPSA) is 64.3 Å². The van der Waals surface area contributed by atoms with Crippen molar-refractivity contribution in [1.82, 2.24) is 0 Å². The van der Waals surface area contributed by atoms with Crippen molar-refractivity contribution in [1.29, 1.82) is 0 Å². The first kappa shape index (κ1) is 19.0. The molecule has 3 N–H and O–H groups in total. The summed E-state index contributed by atoms with van der Waals surface area (Å²) in [6, 6.07) is 5.03. The van der Waals surface area contributed by atoms with Crippen LogP contribution in [0.15, 0.2) is 18.2 Å². The lowest BCUT2D eigenvalue weighted by Crippen LogP contribution is -2.23. The monoisotopic (exact) mass is 320 g/mol. The van der Waals surface area contributed by atoms with Gasteiger partial charge in [0.2, 0.25) is 5.91 Å². The average molecular weight is 321 g/mol. The molecule has 0 spiro atoms. The van der Waals surface area contributed by atoms with Gasteiger partial charge in [0.1, 0.15) is 5.75 Å². The molecule has 0 aromatic heterocycles. The molecular weight excluding hydrogens is 299 g/mol. The number of nitrogens with two attached hydrogens (primary N) is 1. The lowest BCUT2D eigenvalue weighted by atomic mass is 10.2. The Morgan fingerprint density at radius 1 is 1.40 bits per heavy atom. The fourth-order valence-electron chi connectivity index (χ4n) is 1.46. The Hall–Kier alpha value is -0.970. The molecular formula is C14H22Cl2N2O2. The van der Waals surface area contributed by atoms with Crippen LogP contribution in [-0.2, 0) is 4.79 Å². The van der Waals surface area contributed by atoms with Crippen LogP contribution in [0, 0.1) is 5.92 Å². The maximum absolute atomic E-state index is 11.6. The van der Waals surface area contributed by atoms with Gasteiger partial charge in [-0.15, -0.1) is 12.4 Å². The van der Waals surface area contributed by atoms with Crippen molar-refractivity contribution < 1.29 is 9.53 Å². The molecule has 1 aromatic rings. The molecule has 0 saturated heterocycles. The Bertz CT molecular complexity index is 437. The maximum atomic E-state index is 11.6. The number of carbonyl (C=O) groups is 1. The summed E-state index contributed by atoms with van der Waals surface area (Å²) in [6.45, 7) is 6.53. The predicted octanol–water partition coefficient (Wildman–Crippen LogP) is 3.47. The van der Waals surface area contributed by atoms with E-state index in [9.17, 15) is 4.79 Å². The average Bonchev–Trinajstić information content (AvgIpc) is 2.26. The molecule has 20 heavy (non-hydrogen) atoms. The third-order valence-corrected chi connectivity index (χ3v) is 2.59. The zero-order valence-corrected chi connectivity index (χ0v) is 13.6. The minimum absolute atomic E-state index is 0. The Balaban J connectivity index is 0.00000361. The van der Waals surface area contributed by atoms with Crippen molar-refractivity contribution >= 4 is 35.6 Å². The van der Waals surface area contributed by atoms with E-state index >= 15 is 0 Å². The van der Waals surface area contributed by atoms with E-state index in [0.717, 1.165) is 0 Å². The summed E-state index contributed by atoms with van der Waals surface area (Å²) in [6.07, 6.45) is 0.281. The molecule has 0 heterocycles. The van der Waals surface area contributed by atoms with Gasteiger partial charge in [-0.3, -0.25) is 4.79 Å². The first-order valence-electron chi connectivity index (χ1n) is 6.36. The third kappa shape index (κ3) is 6.98. The fourth-order valence-corrected chi connectivity index (χ4v) is 1.69. The molecule has 0 aliphatic heterocycles. The number of carbonyl (C=O) groups excluding carboxylic acids is 1. The van der Waals surface area contributed by atoms with Gasteiger partial charge in [0.25, 0.3) is 0 Å². The zero-order valence-electron chi connectivity index (χ0n) is 12.0. The number of benzene rings is 1. The highest BCUT2D eigenvalue weighted by molar-refractivity contribution is 6.32. The number of nitrogens with one attached hydrogen (secondary N) is 1. The molecule has 1 atom stereocenters. The standard InChI is InChI=1S/C14H21ClN2O2.ClH/c1-9(2)8-19-13-5-4-11(7-12(13)15)17-14(18)6-10(3)16;/h4-5,7,9-10H,6,8,16H2,1-3H3,(H,17,18);1H. The molecule has 4 nitrogen and oxygen atoms in total. The smallest absolute Gasteiger partial charge is 0.225 e. The maximum Gasteiger partial charge on any atom is 0.225 e. The van der Waals surface area contributed by atoms with E-state index in [4.69, 9.17) is 22.1 Å². The Labute approximate surface area is 131 Å². The number of hydrogen-bond donors (Lipinski definition) is 2. The van der Waals surface area contributed by atoms with Gasteiger partial charge in [-0.05, 0) is 31.0 Å². The van der Waals surface area contributed by atoms with E-state index in [2.05, 4.69) is 19.2 Å². The third-order valence-electron chi connectivity index (χ3n) is 2.30. The second kappa shape index (κ2) is 9.06. The van der Waals surface area contributed by atoms with Crippen molar-refractivity contribution in [2.75, 3.05) is 11.9 Å². The van der Waals surface area contributed by atoms with Crippen LogP contribution in [0.2, 0.25) is 5.02 Å². The van der Waals surface area contributed by atoms with Gasteiger partial charge in [0, 0.05) is 18.2 Å². The van der Waals surface area contributed by atoms with Gasteiger partial charge in [-0.1, -0.05) is 25.4 Å². The highest BCUT2D eigenvalue weighted by Gasteiger charge is 2.08. The molecule has 0 aliphatic rings. The van der Waals surface area contributed by atoms with Crippen molar-refractivity contribution in [2.24, 2.45) is 11.7 Å². The molecule has 114 valence electrons. The minimum Gasteiger partial charge on any atom is -0.492 e. The molecule has 1 aromatic carbocycles. The molecule has 1 amide bonds. The van der Waals surface area contributed by atoms with Gasteiger partial charge < -0.3 is 15.8 Å². The van der Waals surface area contributed by atoms with Crippen molar-refractivity contribution in [3.05, 3.63) is 23.2 Å². The van der Waals surface area contributed by atoms with Crippen molar-refractivity contribution in [3.8, 4) is 5.75 Å². The number of halogens is 2. The second-order valence-corrected chi connectivity index (χ2v) is 5.49. The Kier molecular flexibility index (Phi) is 8.62. The number of amides is 1. The summed E-state index contributed by atoms with van der Waals surface area (Å²) in [4.78, 5) is 11.6. The number of hydrogen-bond acceptors (Lipinski definition) is 3. The molecule has 0 radical (unpaired) electrons. The van der Waals surface area contributed by atoms with Gasteiger partial charge in [0.15, 0.2) is 0 Å². The first-order valence-corrected chi connectivity index (χ1v) is 6.74. The van der Waals surface area contributed by atoms with E-state index in [1.54, 1.807) is 25.1 Å². The number of anilines is 1. The second-order valence-electron chi connectivity index (χ2n) is 5.08. The Morgan fingerprint density at radius 3 is 2.55 bits per heavy atom. The molecule has 0 saturated carbocycles. The summed E-state index contributed by atoms with van der Waals surface area (Å²) in [5, 5.41) is 3.23. The van der Waals surface area contributed by atoms with Gasteiger partial charge in [-0.2, -0.15) is 0 Å². The van der Waals surface area contributed by atoms with Crippen LogP contribution < -0.4 is 15.8 Å². The fraction of sp³-hybridized carbons (Fsp3) is 0.500. The van der Waals surface area contributed by atoms with Gasteiger partial charge in [0.05, 0.1) is 11.6 Å². The van der Waals surface area contributed by atoms with E-state index in [-0.39, 0.29) is 30.8 Å².